The molecule has 0 fully saturated rings. The Morgan fingerprint density at radius 2 is 1.78 bits per heavy atom. The zero-order chi connectivity index (χ0) is 13.3. The average molecular weight is 313 g/mol. The third-order valence-electron chi connectivity index (χ3n) is 2.49. The van der Waals surface area contributed by atoms with E-state index in [1.54, 1.807) is 12.1 Å². The summed E-state index contributed by atoms with van der Waals surface area (Å²) in [6.45, 7) is 1.90. The van der Waals surface area contributed by atoms with Crippen molar-refractivity contribution in [1.29, 1.82) is 0 Å². The molecule has 0 radical (unpaired) electrons. The maximum atomic E-state index is 13.6. The molecule has 0 aliphatic rings. The number of nitrogen functional groups attached to an aromatic ring is 1. The number of hydrogen-bond donors (Lipinski definition) is 2. The summed E-state index contributed by atoms with van der Waals surface area (Å²) in [4.78, 5) is 0. The van der Waals surface area contributed by atoms with E-state index in [4.69, 9.17) is 5.73 Å². The smallest absolute Gasteiger partial charge is 0.147 e. The minimum atomic E-state index is -0.553. The van der Waals surface area contributed by atoms with Crippen LogP contribution in [0.15, 0.2) is 34.8 Å². The molecule has 5 heteroatoms. The first kappa shape index (κ1) is 12.8. The Labute approximate surface area is 112 Å². The van der Waals surface area contributed by atoms with Gasteiger partial charge >= 0.3 is 0 Å². The zero-order valence-electron chi connectivity index (χ0n) is 9.60. The van der Waals surface area contributed by atoms with Gasteiger partial charge in [-0.3, -0.25) is 0 Å². The van der Waals surface area contributed by atoms with Crippen molar-refractivity contribution in [2.45, 2.75) is 6.92 Å². The third kappa shape index (κ3) is 2.61. The summed E-state index contributed by atoms with van der Waals surface area (Å²) in [6, 6.07) is 7.48. The summed E-state index contributed by atoms with van der Waals surface area (Å²) in [5, 5.41) is 2.77. The van der Waals surface area contributed by atoms with Gasteiger partial charge in [0.2, 0.25) is 0 Å². The standard InChI is InChI=1S/C13H11BrF2N2/c1-7-2-3-12(11(17)4-7)18-13-6-9(15)8(14)5-10(13)16/h2-6,18H,17H2,1H3. The monoisotopic (exact) mass is 312 g/mol. The maximum Gasteiger partial charge on any atom is 0.147 e. The lowest BCUT2D eigenvalue weighted by Gasteiger charge is -2.11. The van der Waals surface area contributed by atoms with E-state index in [2.05, 4.69) is 21.2 Å². The highest BCUT2D eigenvalue weighted by Crippen LogP contribution is 2.28. The molecule has 0 bridgehead atoms. The number of anilines is 3. The molecule has 0 heterocycles. The van der Waals surface area contributed by atoms with E-state index in [1.165, 1.54) is 0 Å². The van der Waals surface area contributed by atoms with Crippen LogP contribution in [0.3, 0.4) is 0 Å². The van der Waals surface area contributed by atoms with Crippen LogP contribution in [-0.2, 0) is 0 Å². The lowest BCUT2D eigenvalue weighted by atomic mass is 10.2. The molecule has 0 unspecified atom stereocenters. The van der Waals surface area contributed by atoms with Crippen LogP contribution < -0.4 is 11.1 Å². The largest absolute Gasteiger partial charge is 0.397 e. The predicted octanol–water partition coefficient (Wildman–Crippen LogP) is 4.36. The summed E-state index contributed by atoms with van der Waals surface area (Å²) in [5.74, 6) is -1.09. The van der Waals surface area contributed by atoms with Crippen LogP contribution >= 0.6 is 15.9 Å². The molecular weight excluding hydrogens is 302 g/mol. The van der Waals surface area contributed by atoms with Crippen LogP contribution in [0.2, 0.25) is 0 Å². The summed E-state index contributed by atoms with van der Waals surface area (Å²) >= 11 is 2.92. The van der Waals surface area contributed by atoms with Gasteiger partial charge in [0.15, 0.2) is 0 Å². The molecule has 2 rings (SSSR count). The minimum Gasteiger partial charge on any atom is -0.397 e. The van der Waals surface area contributed by atoms with Crippen molar-refractivity contribution in [3.63, 3.8) is 0 Å². The summed E-state index contributed by atoms with van der Waals surface area (Å²) in [5.41, 5.74) is 7.87. The molecular formula is C13H11BrF2N2. The second kappa shape index (κ2) is 4.94. The summed E-state index contributed by atoms with van der Waals surface area (Å²) in [7, 11) is 0. The molecule has 18 heavy (non-hydrogen) atoms. The minimum absolute atomic E-state index is 0.0475. The fourth-order valence-corrected chi connectivity index (χ4v) is 1.87. The van der Waals surface area contributed by atoms with Crippen LogP contribution in [0.1, 0.15) is 5.56 Å². The van der Waals surface area contributed by atoms with E-state index < -0.39 is 11.6 Å². The highest BCUT2D eigenvalue weighted by atomic mass is 79.9. The first-order chi connectivity index (χ1) is 8.47. The second-order valence-corrected chi connectivity index (χ2v) is 4.82. The molecule has 2 nitrogen and oxygen atoms in total. The summed E-state index contributed by atoms with van der Waals surface area (Å²) < 4.78 is 27.1. The average Bonchev–Trinajstić information content (AvgIpc) is 2.29. The SMILES string of the molecule is Cc1ccc(Nc2cc(F)c(Br)cc2F)c(N)c1. The number of nitrogens with two attached hydrogens (primary N) is 1. The van der Waals surface area contributed by atoms with Crippen LogP contribution in [0.5, 0.6) is 0 Å². The Hall–Kier alpha value is -1.62. The molecule has 0 aliphatic carbocycles. The third-order valence-corrected chi connectivity index (χ3v) is 3.09. The van der Waals surface area contributed by atoms with E-state index in [0.29, 0.717) is 11.4 Å². The Morgan fingerprint density at radius 3 is 2.44 bits per heavy atom. The van der Waals surface area contributed by atoms with E-state index >= 15 is 0 Å². The number of aryl methyl sites for hydroxylation is 1. The van der Waals surface area contributed by atoms with E-state index in [0.717, 1.165) is 17.7 Å². The Morgan fingerprint density at radius 1 is 1.06 bits per heavy atom. The van der Waals surface area contributed by atoms with Crippen molar-refractivity contribution in [1.82, 2.24) is 0 Å². The first-order valence-corrected chi connectivity index (χ1v) is 6.04. The molecule has 0 saturated heterocycles. The number of rotatable bonds is 2. The van der Waals surface area contributed by atoms with Crippen molar-refractivity contribution < 1.29 is 8.78 Å². The van der Waals surface area contributed by atoms with Gasteiger partial charge in [0, 0.05) is 6.07 Å². The van der Waals surface area contributed by atoms with Gasteiger partial charge in [-0.05, 0) is 46.6 Å². The highest BCUT2D eigenvalue weighted by Gasteiger charge is 2.09. The van der Waals surface area contributed by atoms with Crippen molar-refractivity contribution in [2.75, 3.05) is 11.1 Å². The second-order valence-electron chi connectivity index (χ2n) is 3.96. The fraction of sp³-hybridized carbons (Fsp3) is 0.0769. The molecule has 0 saturated carbocycles. The van der Waals surface area contributed by atoms with Crippen molar-refractivity contribution in [2.24, 2.45) is 0 Å². The molecule has 2 aromatic rings. The molecule has 0 atom stereocenters. The predicted molar refractivity (Wildman–Crippen MR) is 72.9 cm³/mol. The molecule has 2 aromatic carbocycles. The number of benzene rings is 2. The molecule has 94 valence electrons. The normalized spacial score (nSPS) is 10.4. The Kier molecular flexibility index (Phi) is 3.52. The van der Waals surface area contributed by atoms with E-state index in [-0.39, 0.29) is 10.2 Å². The van der Waals surface area contributed by atoms with Crippen molar-refractivity contribution in [3.8, 4) is 0 Å². The zero-order valence-corrected chi connectivity index (χ0v) is 11.2. The Balaban J connectivity index is 2.37. The van der Waals surface area contributed by atoms with Crippen LogP contribution in [-0.4, -0.2) is 0 Å². The lowest BCUT2D eigenvalue weighted by Crippen LogP contribution is -1.99. The van der Waals surface area contributed by atoms with Gasteiger partial charge in [-0.1, -0.05) is 6.07 Å². The van der Waals surface area contributed by atoms with Gasteiger partial charge in [-0.15, -0.1) is 0 Å². The lowest BCUT2D eigenvalue weighted by molar-refractivity contribution is 0.598. The van der Waals surface area contributed by atoms with Crippen molar-refractivity contribution >= 4 is 33.0 Å². The van der Waals surface area contributed by atoms with Gasteiger partial charge in [0.1, 0.15) is 11.6 Å². The first-order valence-electron chi connectivity index (χ1n) is 5.25. The molecule has 3 N–H and O–H groups in total. The topological polar surface area (TPSA) is 38.0 Å². The van der Waals surface area contributed by atoms with E-state index in [9.17, 15) is 8.78 Å². The van der Waals surface area contributed by atoms with Gasteiger partial charge in [0.05, 0.1) is 21.5 Å². The molecule has 0 aromatic heterocycles. The molecule has 0 spiro atoms. The van der Waals surface area contributed by atoms with Crippen LogP contribution in [0, 0.1) is 18.6 Å². The van der Waals surface area contributed by atoms with Gasteiger partial charge < -0.3 is 11.1 Å². The number of halogens is 3. The van der Waals surface area contributed by atoms with Gasteiger partial charge in [-0.2, -0.15) is 0 Å². The summed E-state index contributed by atoms with van der Waals surface area (Å²) in [6.07, 6.45) is 0. The van der Waals surface area contributed by atoms with E-state index in [1.807, 2.05) is 13.0 Å². The molecule has 0 aliphatic heterocycles. The van der Waals surface area contributed by atoms with Crippen LogP contribution in [0.25, 0.3) is 0 Å². The van der Waals surface area contributed by atoms with Crippen molar-refractivity contribution in [3.05, 3.63) is 52.0 Å². The Bertz CT molecular complexity index is 600. The number of nitrogens with one attached hydrogen (secondary N) is 1. The maximum absolute atomic E-state index is 13.6. The highest BCUT2D eigenvalue weighted by molar-refractivity contribution is 9.10. The van der Waals surface area contributed by atoms with Gasteiger partial charge in [-0.25, -0.2) is 8.78 Å². The fourth-order valence-electron chi connectivity index (χ4n) is 1.56. The van der Waals surface area contributed by atoms with Crippen LogP contribution in [0.4, 0.5) is 25.8 Å². The van der Waals surface area contributed by atoms with Gasteiger partial charge in [0.25, 0.3) is 0 Å². The molecule has 0 amide bonds. The number of hydrogen-bond acceptors (Lipinski definition) is 2. The quantitative estimate of drug-likeness (QED) is 0.638.